The van der Waals surface area contributed by atoms with Crippen LogP contribution in [0.25, 0.3) is 0 Å². The lowest BCUT2D eigenvalue weighted by Gasteiger charge is -2.21. The van der Waals surface area contributed by atoms with Crippen molar-refractivity contribution >= 4 is 46.9 Å². The molecule has 14 nitrogen and oxygen atoms in total. The van der Waals surface area contributed by atoms with E-state index in [0.29, 0.717) is 36.5 Å². The molecule has 230 valence electrons. The molecule has 0 aliphatic heterocycles. The fourth-order valence-electron chi connectivity index (χ4n) is 3.99. The number of carboxylic acid groups (broad SMARTS) is 1. The molecule has 0 aliphatic rings. The van der Waals surface area contributed by atoms with E-state index in [1.54, 1.807) is 50.5 Å². The Morgan fingerprint density at radius 2 is 1.79 bits per heavy atom. The standard InChI is InChI=1S/C27H39N7O7S/c1-15(25(37)38)12-19(33-23(36)21-14-42-24(34-21)16(2)41-27(40)30-4)13-17-7-9-18(10-8-17)32-22(35)20(29-3)6-5-11-31-26(28)39/h7-10,14-16,19-20,29H,5-6,11-13H2,1-4H3,(H,30,40)(H,32,35)(H,33,36)(H,37,38)(H3,28,31,39)/t15-,16+,19+,20-/m0/s1. The molecule has 1 aromatic heterocycles. The summed E-state index contributed by atoms with van der Waals surface area (Å²) in [6.45, 7) is 3.58. The molecule has 1 heterocycles. The second kappa shape index (κ2) is 16.9. The SMILES string of the molecule is CNC(=O)O[C@H](C)c1nc(C(=O)N[C@@H](Cc2ccc(NC(=O)[C@H](CCCNC(N)=O)NC)cc2)C[C@H](C)C(=O)O)cs1. The van der Waals surface area contributed by atoms with E-state index in [0.717, 1.165) is 5.56 Å². The Bertz CT molecular complexity index is 1220. The van der Waals surface area contributed by atoms with E-state index >= 15 is 0 Å². The highest BCUT2D eigenvalue weighted by Gasteiger charge is 2.24. The predicted octanol–water partition coefficient (Wildman–Crippen LogP) is 1.99. The van der Waals surface area contributed by atoms with Crippen molar-refractivity contribution < 1.29 is 33.8 Å². The molecule has 0 unspecified atom stereocenters. The minimum absolute atomic E-state index is 0.137. The smallest absolute Gasteiger partial charge is 0.407 e. The molecule has 5 amide bonds. The molecule has 4 atom stereocenters. The van der Waals surface area contributed by atoms with Gasteiger partial charge in [-0.1, -0.05) is 19.1 Å². The molecule has 0 bridgehead atoms. The molecule has 0 radical (unpaired) electrons. The second-order valence-electron chi connectivity index (χ2n) is 9.68. The van der Waals surface area contributed by atoms with Crippen molar-refractivity contribution in [1.29, 1.82) is 0 Å². The molecule has 2 aromatic rings. The van der Waals surface area contributed by atoms with Gasteiger partial charge in [0.1, 0.15) is 10.7 Å². The lowest BCUT2D eigenvalue weighted by atomic mass is 9.96. The number of benzene rings is 1. The molecule has 1 aromatic carbocycles. The first kappa shape index (κ1) is 34.0. The third-order valence-corrected chi connectivity index (χ3v) is 7.33. The van der Waals surface area contributed by atoms with Gasteiger partial charge in [-0.3, -0.25) is 14.4 Å². The number of anilines is 1. The molecule has 15 heteroatoms. The maximum atomic E-state index is 13.0. The maximum Gasteiger partial charge on any atom is 0.407 e. The summed E-state index contributed by atoms with van der Waals surface area (Å²) in [7, 11) is 3.11. The van der Waals surface area contributed by atoms with Crippen LogP contribution in [0, 0.1) is 5.92 Å². The number of amides is 5. The van der Waals surface area contributed by atoms with Gasteiger partial charge < -0.3 is 42.2 Å². The fraction of sp³-hybridized carbons (Fsp3) is 0.481. The lowest BCUT2D eigenvalue weighted by Crippen LogP contribution is -2.39. The molecule has 0 saturated heterocycles. The van der Waals surface area contributed by atoms with Crippen LogP contribution < -0.4 is 32.3 Å². The number of alkyl carbamates (subject to hydrolysis) is 1. The van der Waals surface area contributed by atoms with Gasteiger partial charge in [0.15, 0.2) is 6.10 Å². The summed E-state index contributed by atoms with van der Waals surface area (Å²) in [5, 5.41) is 25.0. The Morgan fingerprint density at radius 3 is 2.38 bits per heavy atom. The van der Waals surface area contributed by atoms with E-state index in [2.05, 4.69) is 31.6 Å². The molecule has 8 N–H and O–H groups in total. The number of carbonyl (C=O) groups is 5. The zero-order valence-corrected chi connectivity index (χ0v) is 24.9. The minimum Gasteiger partial charge on any atom is -0.481 e. The molecule has 0 spiro atoms. The molecule has 0 saturated carbocycles. The summed E-state index contributed by atoms with van der Waals surface area (Å²) in [6, 6.07) is 5.45. The number of aromatic nitrogens is 1. The summed E-state index contributed by atoms with van der Waals surface area (Å²) in [5.74, 6) is -2.40. The Labute approximate surface area is 248 Å². The number of nitrogens with two attached hydrogens (primary N) is 1. The van der Waals surface area contributed by atoms with Crippen LogP contribution >= 0.6 is 11.3 Å². The first-order valence-electron chi connectivity index (χ1n) is 13.4. The second-order valence-corrected chi connectivity index (χ2v) is 10.6. The summed E-state index contributed by atoms with van der Waals surface area (Å²) in [5.41, 5.74) is 6.58. The van der Waals surface area contributed by atoms with Crippen molar-refractivity contribution in [2.45, 2.75) is 57.7 Å². The number of hydrogen-bond donors (Lipinski definition) is 7. The van der Waals surface area contributed by atoms with Gasteiger partial charge in [0.25, 0.3) is 5.91 Å². The maximum absolute atomic E-state index is 13.0. The zero-order chi connectivity index (χ0) is 31.2. The summed E-state index contributed by atoms with van der Waals surface area (Å²) < 4.78 is 5.15. The van der Waals surface area contributed by atoms with E-state index < -0.39 is 48.1 Å². The molecular weight excluding hydrogens is 566 g/mol. The molecule has 2 rings (SSSR count). The van der Waals surface area contributed by atoms with Crippen LogP contribution in [0.4, 0.5) is 15.3 Å². The summed E-state index contributed by atoms with van der Waals surface area (Å²) in [6.07, 6.45) is 0.310. The van der Waals surface area contributed by atoms with Crippen molar-refractivity contribution in [3.8, 4) is 0 Å². The monoisotopic (exact) mass is 605 g/mol. The van der Waals surface area contributed by atoms with Crippen LogP contribution in [0.1, 0.15) is 60.3 Å². The highest BCUT2D eigenvalue weighted by molar-refractivity contribution is 7.09. The number of carboxylic acids is 1. The molecule has 0 fully saturated rings. The predicted molar refractivity (Wildman–Crippen MR) is 157 cm³/mol. The fourth-order valence-corrected chi connectivity index (χ4v) is 4.77. The van der Waals surface area contributed by atoms with Gasteiger partial charge in [0.05, 0.1) is 12.0 Å². The number of ether oxygens (including phenoxy) is 1. The first-order valence-corrected chi connectivity index (χ1v) is 14.3. The van der Waals surface area contributed by atoms with Crippen molar-refractivity contribution in [2.75, 3.05) is 26.0 Å². The average Bonchev–Trinajstić information content (AvgIpc) is 3.44. The Balaban J connectivity index is 2.04. The summed E-state index contributed by atoms with van der Waals surface area (Å²) in [4.78, 5) is 63.7. The van der Waals surface area contributed by atoms with Crippen molar-refractivity contribution in [2.24, 2.45) is 11.7 Å². The Morgan fingerprint density at radius 1 is 1.10 bits per heavy atom. The van der Waals surface area contributed by atoms with Gasteiger partial charge in [-0.25, -0.2) is 14.6 Å². The van der Waals surface area contributed by atoms with Gasteiger partial charge >= 0.3 is 18.1 Å². The van der Waals surface area contributed by atoms with Gasteiger partial charge in [-0.05, 0) is 57.4 Å². The number of rotatable bonds is 16. The van der Waals surface area contributed by atoms with Crippen LogP contribution in [0.3, 0.4) is 0 Å². The topological polar surface area (TPSA) is 214 Å². The van der Waals surface area contributed by atoms with Crippen LogP contribution in [0.2, 0.25) is 0 Å². The number of nitrogens with zero attached hydrogens (tertiary/aromatic N) is 1. The van der Waals surface area contributed by atoms with Gasteiger partial charge in [0.2, 0.25) is 5.91 Å². The minimum atomic E-state index is -0.979. The third-order valence-electron chi connectivity index (χ3n) is 6.32. The number of urea groups is 1. The third kappa shape index (κ3) is 11.3. The largest absolute Gasteiger partial charge is 0.481 e. The number of primary amides is 1. The van der Waals surface area contributed by atoms with Crippen molar-refractivity contribution in [3.05, 3.63) is 45.9 Å². The number of thiazole rings is 1. The van der Waals surface area contributed by atoms with E-state index in [1.807, 2.05) is 0 Å². The number of hydrogen-bond acceptors (Lipinski definition) is 9. The van der Waals surface area contributed by atoms with E-state index in [-0.39, 0.29) is 18.0 Å². The van der Waals surface area contributed by atoms with Crippen LogP contribution in [0.15, 0.2) is 29.6 Å². The lowest BCUT2D eigenvalue weighted by molar-refractivity contribution is -0.141. The number of aliphatic carboxylic acids is 1. The molecular formula is C27H39N7O7S. The van der Waals surface area contributed by atoms with Gasteiger partial charge in [0, 0.05) is 30.7 Å². The van der Waals surface area contributed by atoms with Crippen molar-refractivity contribution in [1.82, 2.24) is 26.3 Å². The Hall–Kier alpha value is -4.24. The van der Waals surface area contributed by atoms with Crippen LogP contribution in [-0.4, -0.2) is 72.7 Å². The number of carbonyl (C=O) groups excluding carboxylic acids is 4. The zero-order valence-electron chi connectivity index (χ0n) is 24.1. The Kier molecular flexibility index (Phi) is 13.7. The molecule has 42 heavy (non-hydrogen) atoms. The van der Waals surface area contributed by atoms with Gasteiger partial charge in [-0.15, -0.1) is 11.3 Å². The highest BCUT2D eigenvalue weighted by atomic mass is 32.1. The van der Waals surface area contributed by atoms with Crippen LogP contribution in [-0.2, 0) is 20.7 Å². The summed E-state index contributed by atoms with van der Waals surface area (Å²) >= 11 is 1.17. The van der Waals surface area contributed by atoms with E-state index in [1.165, 1.54) is 18.4 Å². The highest BCUT2D eigenvalue weighted by Crippen LogP contribution is 2.22. The first-order chi connectivity index (χ1) is 19.9. The number of likely N-dealkylation sites (N-methyl/N-ethyl adjacent to an activating group) is 1. The van der Waals surface area contributed by atoms with Gasteiger partial charge in [-0.2, -0.15) is 0 Å². The van der Waals surface area contributed by atoms with Crippen molar-refractivity contribution in [3.63, 3.8) is 0 Å². The number of nitrogens with one attached hydrogen (secondary N) is 5. The quantitative estimate of drug-likeness (QED) is 0.139. The normalized spacial score (nSPS) is 13.6. The van der Waals surface area contributed by atoms with E-state index in [4.69, 9.17) is 10.5 Å². The van der Waals surface area contributed by atoms with E-state index in [9.17, 15) is 29.1 Å². The molecule has 0 aliphatic carbocycles. The average molecular weight is 606 g/mol. The van der Waals surface area contributed by atoms with Crippen LogP contribution in [0.5, 0.6) is 0 Å².